The van der Waals surface area contributed by atoms with Crippen molar-refractivity contribution in [1.82, 2.24) is 10.2 Å². The van der Waals surface area contributed by atoms with Gasteiger partial charge in [-0.3, -0.25) is 20.0 Å². The standard InChI is InChI=1S/C12H14N4O2/c1-14-9-10(13)16(12(18)15-11(9)17)7-8-5-3-2-4-6-8/h2-6,10H,7,13H2,1H3,(H,15,17,18). The number of nitrogens with zero attached hydrogens (tertiary/aromatic N) is 2. The first-order chi connectivity index (χ1) is 8.63. The highest BCUT2D eigenvalue weighted by molar-refractivity contribution is 6.44. The number of urea groups is 1. The fraction of sp³-hybridized carbons (Fsp3) is 0.250. The number of aliphatic imine (C=N–C) groups is 1. The largest absolute Gasteiger partial charge is 0.326 e. The first-order valence-electron chi connectivity index (χ1n) is 5.51. The second-order valence-corrected chi connectivity index (χ2v) is 3.93. The molecule has 18 heavy (non-hydrogen) atoms. The molecule has 1 aliphatic rings. The Labute approximate surface area is 104 Å². The molecule has 1 aromatic carbocycles. The summed E-state index contributed by atoms with van der Waals surface area (Å²) in [5.41, 5.74) is 6.97. The smallest absolute Gasteiger partial charge is 0.306 e. The average molecular weight is 246 g/mol. The van der Waals surface area contributed by atoms with Crippen LogP contribution in [-0.4, -0.2) is 35.8 Å². The average Bonchev–Trinajstić information content (AvgIpc) is 2.36. The van der Waals surface area contributed by atoms with Crippen LogP contribution in [0.3, 0.4) is 0 Å². The lowest BCUT2D eigenvalue weighted by Crippen LogP contribution is -2.63. The second-order valence-electron chi connectivity index (χ2n) is 3.93. The van der Waals surface area contributed by atoms with Gasteiger partial charge in [-0.1, -0.05) is 30.3 Å². The topological polar surface area (TPSA) is 87.8 Å². The van der Waals surface area contributed by atoms with Crippen LogP contribution < -0.4 is 11.1 Å². The summed E-state index contributed by atoms with van der Waals surface area (Å²) < 4.78 is 0. The number of rotatable bonds is 2. The first-order valence-corrected chi connectivity index (χ1v) is 5.51. The number of nitrogens with two attached hydrogens (primary N) is 1. The Kier molecular flexibility index (Phi) is 3.38. The van der Waals surface area contributed by atoms with Crippen LogP contribution in [0.15, 0.2) is 35.3 Å². The molecule has 1 heterocycles. The third-order valence-electron chi connectivity index (χ3n) is 2.77. The molecular weight excluding hydrogens is 232 g/mol. The molecule has 3 N–H and O–H groups in total. The summed E-state index contributed by atoms with van der Waals surface area (Å²) in [4.78, 5) is 28.4. The van der Waals surface area contributed by atoms with Crippen molar-refractivity contribution in [3.63, 3.8) is 0 Å². The van der Waals surface area contributed by atoms with Crippen molar-refractivity contribution >= 4 is 17.6 Å². The molecule has 3 amide bonds. The maximum Gasteiger partial charge on any atom is 0.326 e. The van der Waals surface area contributed by atoms with E-state index >= 15 is 0 Å². The lowest BCUT2D eigenvalue weighted by Gasteiger charge is -2.33. The summed E-state index contributed by atoms with van der Waals surface area (Å²) in [5, 5.41) is 2.22. The molecule has 0 aliphatic carbocycles. The summed E-state index contributed by atoms with van der Waals surface area (Å²) in [7, 11) is 1.48. The maximum absolute atomic E-state index is 11.7. The van der Waals surface area contributed by atoms with E-state index in [0.717, 1.165) is 5.56 Å². The summed E-state index contributed by atoms with van der Waals surface area (Å²) in [5.74, 6) is -0.528. The van der Waals surface area contributed by atoms with Crippen molar-refractivity contribution in [3.8, 4) is 0 Å². The molecule has 1 fully saturated rings. The SMILES string of the molecule is CN=C1C(=O)NC(=O)N(Cc2ccccc2)C1N. The number of hydrogen-bond donors (Lipinski definition) is 2. The summed E-state index contributed by atoms with van der Waals surface area (Å²) in [6.07, 6.45) is -0.809. The van der Waals surface area contributed by atoms with Crippen LogP contribution in [0.5, 0.6) is 0 Å². The van der Waals surface area contributed by atoms with Crippen molar-refractivity contribution in [2.24, 2.45) is 10.7 Å². The third-order valence-corrected chi connectivity index (χ3v) is 2.77. The molecule has 0 spiro atoms. The molecule has 0 radical (unpaired) electrons. The van der Waals surface area contributed by atoms with Gasteiger partial charge in [0.05, 0.1) is 0 Å². The minimum absolute atomic E-state index is 0.158. The van der Waals surface area contributed by atoms with E-state index in [1.807, 2.05) is 30.3 Å². The quantitative estimate of drug-likeness (QED) is 0.775. The molecule has 6 nitrogen and oxygen atoms in total. The lowest BCUT2D eigenvalue weighted by atomic mass is 10.1. The Morgan fingerprint density at radius 1 is 1.33 bits per heavy atom. The van der Waals surface area contributed by atoms with Gasteiger partial charge in [0, 0.05) is 13.6 Å². The van der Waals surface area contributed by atoms with Crippen LogP contribution in [-0.2, 0) is 11.3 Å². The Bertz CT molecular complexity index is 498. The van der Waals surface area contributed by atoms with Gasteiger partial charge in [0.2, 0.25) is 0 Å². The predicted molar refractivity (Wildman–Crippen MR) is 66.9 cm³/mol. The molecule has 0 saturated carbocycles. The van der Waals surface area contributed by atoms with Gasteiger partial charge in [-0.25, -0.2) is 4.79 Å². The van der Waals surface area contributed by atoms with Crippen molar-refractivity contribution in [2.45, 2.75) is 12.7 Å². The molecule has 0 aromatic heterocycles. The van der Waals surface area contributed by atoms with Gasteiger partial charge in [-0.05, 0) is 5.56 Å². The summed E-state index contributed by atoms with van der Waals surface area (Å²) in [6, 6.07) is 8.93. The first kappa shape index (κ1) is 12.3. The molecule has 1 aromatic rings. The van der Waals surface area contributed by atoms with Crippen LogP contribution in [0, 0.1) is 0 Å². The van der Waals surface area contributed by atoms with Crippen LogP contribution >= 0.6 is 0 Å². The van der Waals surface area contributed by atoms with Crippen molar-refractivity contribution in [2.75, 3.05) is 7.05 Å². The van der Waals surface area contributed by atoms with Gasteiger partial charge in [0.15, 0.2) is 0 Å². The lowest BCUT2D eigenvalue weighted by molar-refractivity contribution is -0.115. The molecule has 1 unspecified atom stereocenters. The van der Waals surface area contributed by atoms with E-state index in [4.69, 9.17) is 5.73 Å². The minimum atomic E-state index is -0.809. The van der Waals surface area contributed by atoms with Crippen molar-refractivity contribution in [3.05, 3.63) is 35.9 Å². The number of amides is 3. The number of carbonyl (C=O) groups excluding carboxylic acids is 2. The van der Waals surface area contributed by atoms with Gasteiger partial charge in [-0.15, -0.1) is 0 Å². The third kappa shape index (κ3) is 2.23. The van der Waals surface area contributed by atoms with Gasteiger partial charge in [-0.2, -0.15) is 0 Å². The van der Waals surface area contributed by atoms with Crippen molar-refractivity contribution in [1.29, 1.82) is 0 Å². The number of hydrogen-bond acceptors (Lipinski definition) is 4. The highest BCUT2D eigenvalue weighted by Crippen LogP contribution is 2.10. The molecular formula is C12H14N4O2. The number of carbonyl (C=O) groups is 2. The second kappa shape index (κ2) is 4.97. The van der Waals surface area contributed by atoms with Crippen LogP contribution in [0.25, 0.3) is 0 Å². The molecule has 1 saturated heterocycles. The Hall–Kier alpha value is -2.21. The van der Waals surface area contributed by atoms with E-state index < -0.39 is 18.1 Å². The highest BCUT2D eigenvalue weighted by atomic mass is 16.2. The zero-order valence-corrected chi connectivity index (χ0v) is 9.96. The van der Waals surface area contributed by atoms with Crippen LogP contribution in [0.2, 0.25) is 0 Å². The Balaban J connectivity index is 2.21. The molecule has 6 heteroatoms. The van der Waals surface area contributed by atoms with Crippen LogP contribution in [0.4, 0.5) is 4.79 Å². The van der Waals surface area contributed by atoms with Gasteiger partial charge < -0.3 is 5.73 Å². The van der Waals surface area contributed by atoms with E-state index in [1.54, 1.807) is 0 Å². The predicted octanol–water partition coefficient (Wildman–Crippen LogP) is 0.0940. The fourth-order valence-electron chi connectivity index (χ4n) is 1.83. The summed E-state index contributed by atoms with van der Waals surface area (Å²) >= 11 is 0. The molecule has 94 valence electrons. The van der Waals surface area contributed by atoms with Gasteiger partial charge >= 0.3 is 6.03 Å². The Morgan fingerprint density at radius 3 is 2.61 bits per heavy atom. The maximum atomic E-state index is 11.7. The molecule has 2 rings (SSSR count). The molecule has 1 aliphatic heterocycles. The molecule has 0 bridgehead atoms. The summed E-state index contributed by atoms with van der Waals surface area (Å²) in [6.45, 7) is 0.333. The highest BCUT2D eigenvalue weighted by Gasteiger charge is 2.35. The normalized spacial score (nSPS) is 22.2. The van der Waals surface area contributed by atoms with E-state index in [9.17, 15) is 9.59 Å². The Morgan fingerprint density at radius 2 is 2.00 bits per heavy atom. The zero-order chi connectivity index (χ0) is 13.1. The zero-order valence-electron chi connectivity index (χ0n) is 9.96. The number of benzene rings is 1. The van der Waals surface area contributed by atoms with Crippen LogP contribution in [0.1, 0.15) is 5.56 Å². The van der Waals surface area contributed by atoms with Gasteiger partial charge in [0.25, 0.3) is 5.91 Å². The van der Waals surface area contributed by atoms with E-state index in [-0.39, 0.29) is 5.71 Å². The molecule has 1 atom stereocenters. The van der Waals surface area contributed by atoms with Gasteiger partial charge in [0.1, 0.15) is 11.9 Å². The monoisotopic (exact) mass is 246 g/mol. The number of nitrogens with one attached hydrogen (secondary N) is 1. The van der Waals surface area contributed by atoms with E-state index in [2.05, 4.69) is 10.3 Å². The van der Waals surface area contributed by atoms with Crippen molar-refractivity contribution < 1.29 is 9.59 Å². The number of imide groups is 1. The fourth-order valence-corrected chi connectivity index (χ4v) is 1.83. The minimum Gasteiger partial charge on any atom is -0.306 e. The van der Waals surface area contributed by atoms with E-state index in [0.29, 0.717) is 6.54 Å². The van der Waals surface area contributed by atoms with E-state index in [1.165, 1.54) is 11.9 Å².